The van der Waals surface area contributed by atoms with Gasteiger partial charge in [-0.15, -0.1) is 0 Å². The molecule has 0 radical (unpaired) electrons. The Morgan fingerprint density at radius 1 is 1.04 bits per heavy atom. The molecule has 1 aromatic carbocycles. The van der Waals surface area contributed by atoms with Gasteiger partial charge >= 0.3 is 11.9 Å². The zero-order valence-electron chi connectivity index (χ0n) is 32.6. The number of aliphatic hydroxyl groups is 1. The lowest BCUT2D eigenvalue weighted by atomic mass is 9.42. The number of imide groups is 1. The molecule has 2 saturated heterocycles. The number of anilines is 1. The second-order valence-electron chi connectivity index (χ2n) is 17.0. The molecule has 5 aliphatic carbocycles. The lowest BCUT2D eigenvalue weighted by Gasteiger charge is -2.70. The number of esters is 2. The molecule has 14 atom stereocenters. The Balaban J connectivity index is 1.26. The number of hydrogen-bond donors (Lipinski definition) is 1. The third-order valence-corrected chi connectivity index (χ3v) is 15.2. The molecule has 1 spiro atoms. The molecule has 296 valence electrons. The number of benzene rings is 1. The Morgan fingerprint density at radius 3 is 2.43 bits per heavy atom. The minimum atomic E-state index is -1.59. The number of piperidine rings is 1. The first-order valence-corrected chi connectivity index (χ1v) is 19.9. The van der Waals surface area contributed by atoms with Crippen LogP contribution in [0.2, 0.25) is 0 Å². The number of methoxy groups -OCH3 is 3. The summed E-state index contributed by atoms with van der Waals surface area (Å²) in [5.74, 6) is -2.98. The third-order valence-electron chi connectivity index (χ3n) is 15.2. The van der Waals surface area contributed by atoms with Gasteiger partial charge in [0, 0.05) is 88.2 Å². The number of carbonyl (C=O) groups is 4. The van der Waals surface area contributed by atoms with Crippen LogP contribution in [0, 0.1) is 40.4 Å². The van der Waals surface area contributed by atoms with Crippen molar-refractivity contribution in [2.45, 2.75) is 108 Å². The summed E-state index contributed by atoms with van der Waals surface area (Å²) in [6.45, 7) is 9.03. The smallest absolute Gasteiger partial charge is 0.340 e. The molecule has 13 nitrogen and oxygen atoms in total. The molecule has 2 heterocycles. The second kappa shape index (κ2) is 13.3. The van der Waals surface area contributed by atoms with E-state index in [0.717, 1.165) is 4.90 Å². The number of likely N-dealkylation sites (tertiary alicyclic amines) is 1. The van der Waals surface area contributed by atoms with E-state index >= 15 is 0 Å². The van der Waals surface area contributed by atoms with Gasteiger partial charge in [0.1, 0.15) is 17.3 Å². The van der Waals surface area contributed by atoms with Gasteiger partial charge in [0.25, 0.3) is 0 Å². The Bertz CT molecular complexity index is 1710. The van der Waals surface area contributed by atoms with Crippen LogP contribution >= 0.6 is 0 Å². The maximum Gasteiger partial charge on any atom is 0.340 e. The van der Waals surface area contributed by atoms with Crippen molar-refractivity contribution in [1.82, 2.24) is 4.90 Å². The highest BCUT2D eigenvalue weighted by atomic mass is 16.6. The van der Waals surface area contributed by atoms with Crippen LogP contribution in [0.3, 0.4) is 0 Å². The highest BCUT2D eigenvalue weighted by Gasteiger charge is 2.92. The minimum Gasteiger partial charge on any atom is -0.462 e. The second-order valence-corrected chi connectivity index (χ2v) is 17.0. The fourth-order valence-electron chi connectivity index (χ4n) is 13.7. The predicted molar refractivity (Wildman–Crippen MR) is 193 cm³/mol. The molecular weight excluding hydrogens is 696 g/mol. The SMILES string of the molecule is CCOC12CC(OC)C3CC(C1C3OC(=O)CC)C13C(OC)CCC4(COC(=O)c5ccccc5N5C(=O)CC(C)C5=O)CN(CC)C1C2(O)C(OC)C43. The highest BCUT2D eigenvalue weighted by molar-refractivity contribution is 6.22. The molecule has 0 aromatic heterocycles. The van der Waals surface area contributed by atoms with Crippen molar-refractivity contribution in [2.75, 3.05) is 52.5 Å². The van der Waals surface area contributed by atoms with Crippen LogP contribution in [-0.2, 0) is 42.8 Å². The maximum absolute atomic E-state index is 14.2. The van der Waals surface area contributed by atoms with E-state index in [0.29, 0.717) is 45.4 Å². The molecule has 1 aromatic rings. The number of hydrogen-bond acceptors (Lipinski definition) is 12. The van der Waals surface area contributed by atoms with E-state index in [4.69, 9.17) is 28.4 Å². The van der Waals surface area contributed by atoms with Gasteiger partial charge in [-0.25, -0.2) is 9.69 Å². The van der Waals surface area contributed by atoms with Crippen LogP contribution < -0.4 is 4.90 Å². The normalized spacial score (nSPS) is 44.5. The zero-order chi connectivity index (χ0) is 38.5. The average molecular weight is 753 g/mol. The van der Waals surface area contributed by atoms with Crippen LogP contribution in [0.15, 0.2) is 24.3 Å². The van der Waals surface area contributed by atoms with Crippen molar-refractivity contribution in [2.24, 2.45) is 40.4 Å². The van der Waals surface area contributed by atoms with Crippen molar-refractivity contribution in [3.05, 3.63) is 29.8 Å². The van der Waals surface area contributed by atoms with Gasteiger partial charge in [0.2, 0.25) is 11.8 Å². The lowest BCUT2D eigenvalue weighted by Crippen LogP contribution is -2.82. The van der Waals surface area contributed by atoms with Gasteiger partial charge in [-0.2, -0.15) is 0 Å². The number of likely N-dealkylation sites (N-methyl/N-ethyl adjacent to an activating group) is 1. The van der Waals surface area contributed by atoms with Gasteiger partial charge in [-0.05, 0) is 50.8 Å². The summed E-state index contributed by atoms with van der Waals surface area (Å²) in [5.41, 5.74) is -3.77. The van der Waals surface area contributed by atoms with Gasteiger partial charge in [0.05, 0.1) is 42.2 Å². The maximum atomic E-state index is 14.2. The monoisotopic (exact) mass is 752 g/mol. The zero-order valence-corrected chi connectivity index (χ0v) is 32.6. The topological polar surface area (TPSA) is 150 Å². The van der Waals surface area contributed by atoms with E-state index < -0.39 is 52.2 Å². The molecule has 7 aliphatic rings. The minimum absolute atomic E-state index is 0.0257. The van der Waals surface area contributed by atoms with E-state index in [1.165, 1.54) is 0 Å². The number of ether oxygens (including phenoxy) is 6. The third kappa shape index (κ3) is 4.59. The van der Waals surface area contributed by atoms with Crippen LogP contribution in [0.25, 0.3) is 0 Å². The average Bonchev–Trinajstić information content (AvgIpc) is 3.67. The molecule has 13 heteroatoms. The summed E-state index contributed by atoms with van der Waals surface area (Å²) in [6.07, 6.45) is 0.831. The molecule has 14 unspecified atom stereocenters. The molecule has 54 heavy (non-hydrogen) atoms. The molecule has 7 fully saturated rings. The molecule has 2 amide bonds. The van der Waals surface area contributed by atoms with Crippen LogP contribution in [0.1, 0.15) is 76.6 Å². The Labute approximate surface area is 317 Å². The molecule has 8 rings (SSSR count). The van der Waals surface area contributed by atoms with Crippen molar-refractivity contribution in [3.63, 3.8) is 0 Å². The summed E-state index contributed by atoms with van der Waals surface area (Å²) >= 11 is 0. The van der Waals surface area contributed by atoms with Crippen molar-refractivity contribution >= 4 is 29.4 Å². The quantitative estimate of drug-likeness (QED) is 0.246. The van der Waals surface area contributed by atoms with E-state index in [-0.39, 0.29) is 84.4 Å². The van der Waals surface area contributed by atoms with Crippen LogP contribution in [-0.4, -0.2) is 123 Å². The molecule has 1 N–H and O–H groups in total. The van der Waals surface area contributed by atoms with Crippen LogP contribution in [0.5, 0.6) is 0 Å². The number of para-hydroxylation sites is 1. The Kier molecular flexibility index (Phi) is 9.37. The molecule has 2 aliphatic heterocycles. The van der Waals surface area contributed by atoms with Crippen molar-refractivity contribution in [3.8, 4) is 0 Å². The van der Waals surface area contributed by atoms with Crippen molar-refractivity contribution in [1.29, 1.82) is 0 Å². The number of rotatable bonds is 12. The summed E-state index contributed by atoms with van der Waals surface area (Å²) in [5, 5.41) is 14.0. The van der Waals surface area contributed by atoms with E-state index in [1.54, 1.807) is 59.4 Å². The first kappa shape index (κ1) is 38.0. The number of amides is 2. The van der Waals surface area contributed by atoms with Gasteiger partial charge in [-0.1, -0.05) is 32.9 Å². The molecular formula is C41H56N2O11. The largest absolute Gasteiger partial charge is 0.462 e. The van der Waals surface area contributed by atoms with Gasteiger partial charge < -0.3 is 33.5 Å². The number of fused-ring (bicyclic) bond motifs is 2. The fourth-order valence-corrected chi connectivity index (χ4v) is 13.7. The fraction of sp³-hybridized carbons (Fsp3) is 0.756. The number of carbonyl (C=O) groups excluding carboxylic acids is 4. The molecule has 7 bridgehead atoms. The van der Waals surface area contributed by atoms with Gasteiger partial charge in [-0.3, -0.25) is 19.3 Å². The van der Waals surface area contributed by atoms with Gasteiger partial charge in [0.15, 0.2) is 0 Å². The first-order valence-electron chi connectivity index (χ1n) is 19.9. The highest BCUT2D eigenvalue weighted by Crippen LogP contribution is 2.81. The van der Waals surface area contributed by atoms with Crippen molar-refractivity contribution < 1.29 is 52.7 Å². The summed E-state index contributed by atoms with van der Waals surface area (Å²) in [4.78, 5) is 56.8. The van der Waals surface area contributed by atoms with E-state index in [1.807, 2.05) is 6.92 Å². The Morgan fingerprint density at radius 2 is 1.80 bits per heavy atom. The summed E-state index contributed by atoms with van der Waals surface area (Å²) in [7, 11) is 5.07. The van der Waals surface area contributed by atoms with E-state index in [2.05, 4.69) is 11.8 Å². The predicted octanol–water partition coefficient (Wildman–Crippen LogP) is 3.39. The standard InChI is InChI=1S/C41H56N2O11/c1-8-30(45)54-32-24-18-25-31(32)39(53-10-3,19-27(24)49-5)41(48)34(51-7)33-38(16-15-28(50-6)40(25,33)37(41)42(9-2)20-38)21-52-36(47)23-13-11-12-14-26(23)43-29(44)17-22(4)35(43)46/h11-14,22,24-25,27-28,31-34,37,48H,8-10,15-21H2,1-7H3. The number of nitrogens with zero attached hydrogens (tertiary/aromatic N) is 2. The Hall–Kier alpha value is -2.94. The summed E-state index contributed by atoms with van der Waals surface area (Å²) < 4.78 is 39.1. The molecule has 5 saturated carbocycles. The van der Waals surface area contributed by atoms with E-state index in [9.17, 15) is 24.3 Å². The first-order chi connectivity index (χ1) is 25.9. The summed E-state index contributed by atoms with van der Waals surface area (Å²) in [6, 6.07) is 6.17. The van der Waals surface area contributed by atoms with Crippen LogP contribution in [0.4, 0.5) is 5.69 Å². The lowest BCUT2D eigenvalue weighted by molar-refractivity contribution is -0.330.